The molecule has 0 amide bonds. The van der Waals surface area contributed by atoms with Gasteiger partial charge in [0.15, 0.2) is 6.29 Å². The van der Waals surface area contributed by atoms with Crippen LogP contribution in [0.15, 0.2) is 0 Å². The molecule has 0 bridgehead atoms. The lowest BCUT2D eigenvalue weighted by Gasteiger charge is -2.36. The van der Waals surface area contributed by atoms with Gasteiger partial charge in [0.25, 0.3) is 0 Å². The van der Waals surface area contributed by atoms with Crippen LogP contribution >= 0.6 is 0 Å². The highest BCUT2D eigenvalue weighted by Crippen LogP contribution is 2.31. The van der Waals surface area contributed by atoms with Crippen LogP contribution in [-0.2, 0) is 14.2 Å². The standard InChI is InChI=1S/C17H31FO3/c1-2-3-4-5-6-11-19-16-12-20-17(21-13-16)14-7-9-15(18)10-8-14/h14-17H,2-13H2,1H3/t14-,15-,16-,17-. The van der Waals surface area contributed by atoms with Crippen molar-refractivity contribution < 1.29 is 18.6 Å². The van der Waals surface area contributed by atoms with Crippen molar-refractivity contribution in [2.75, 3.05) is 19.8 Å². The van der Waals surface area contributed by atoms with E-state index in [2.05, 4.69) is 6.92 Å². The maximum absolute atomic E-state index is 13.1. The minimum absolute atomic E-state index is 0.0740. The molecule has 0 aromatic rings. The van der Waals surface area contributed by atoms with Crippen molar-refractivity contribution >= 4 is 0 Å². The first kappa shape index (κ1) is 17.2. The Labute approximate surface area is 128 Å². The third-order valence-electron chi connectivity index (χ3n) is 4.58. The Kier molecular flexibility index (Phi) is 7.97. The Balaban J connectivity index is 1.52. The third kappa shape index (κ3) is 6.21. The normalized spacial score (nSPS) is 34.0. The van der Waals surface area contributed by atoms with Gasteiger partial charge in [-0.25, -0.2) is 4.39 Å². The van der Waals surface area contributed by atoms with E-state index in [1.807, 2.05) is 0 Å². The zero-order valence-corrected chi connectivity index (χ0v) is 13.4. The van der Waals surface area contributed by atoms with Crippen molar-refractivity contribution in [2.45, 2.75) is 83.3 Å². The average molecular weight is 302 g/mol. The highest BCUT2D eigenvalue weighted by molar-refractivity contribution is 4.76. The molecule has 0 unspecified atom stereocenters. The van der Waals surface area contributed by atoms with E-state index in [4.69, 9.17) is 14.2 Å². The second-order valence-electron chi connectivity index (χ2n) is 6.45. The summed E-state index contributed by atoms with van der Waals surface area (Å²) in [5.74, 6) is 0.368. The minimum atomic E-state index is -0.617. The summed E-state index contributed by atoms with van der Waals surface area (Å²) >= 11 is 0. The molecular weight excluding hydrogens is 271 g/mol. The molecule has 21 heavy (non-hydrogen) atoms. The molecule has 124 valence electrons. The number of alkyl halides is 1. The Morgan fingerprint density at radius 1 is 0.952 bits per heavy atom. The molecule has 2 aliphatic rings. The maximum Gasteiger partial charge on any atom is 0.160 e. The molecule has 2 fully saturated rings. The number of ether oxygens (including phenoxy) is 3. The van der Waals surface area contributed by atoms with E-state index < -0.39 is 6.17 Å². The van der Waals surface area contributed by atoms with E-state index in [0.717, 1.165) is 25.9 Å². The molecule has 0 radical (unpaired) electrons. The van der Waals surface area contributed by atoms with Crippen LogP contribution in [0.3, 0.4) is 0 Å². The van der Waals surface area contributed by atoms with Crippen molar-refractivity contribution in [2.24, 2.45) is 5.92 Å². The summed E-state index contributed by atoms with van der Waals surface area (Å²) in [7, 11) is 0. The molecule has 1 aliphatic carbocycles. The lowest BCUT2D eigenvalue weighted by Crippen LogP contribution is -2.42. The van der Waals surface area contributed by atoms with Gasteiger partial charge in [-0.3, -0.25) is 0 Å². The van der Waals surface area contributed by atoms with Gasteiger partial charge >= 0.3 is 0 Å². The molecule has 0 aromatic heterocycles. The molecule has 0 atom stereocenters. The van der Waals surface area contributed by atoms with Gasteiger partial charge in [0.2, 0.25) is 0 Å². The van der Waals surface area contributed by atoms with Crippen LogP contribution in [0.25, 0.3) is 0 Å². The predicted molar refractivity (Wildman–Crippen MR) is 81.0 cm³/mol. The molecule has 1 aliphatic heterocycles. The first-order chi connectivity index (χ1) is 10.3. The van der Waals surface area contributed by atoms with Gasteiger partial charge in [-0.15, -0.1) is 0 Å². The van der Waals surface area contributed by atoms with Gasteiger partial charge in [-0.1, -0.05) is 32.6 Å². The van der Waals surface area contributed by atoms with Gasteiger partial charge in [0.05, 0.1) is 13.2 Å². The van der Waals surface area contributed by atoms with Crippen molar-refractivity contribution in [3.05, 3.63) is 0 Å². The number of rotatable bonds is 8. The molecule has 0 N–H and O–H groups in total. The average Bonchev–Trinajstić information content (AvgIpc) is 2.52. The van der Waals surface area contributed by atoms with Crippen LogP contribution < -0.4 is 0 Å². The largest absolute Gasteiger partial charge is 0.373 e. The zero-order chi connectivity index (χ0) is 14.9. The zero-order valence-electron chi connectivity index (χ0n) is 13.4. The van der Waals surface area contributed by atoms with Crippen LogP contribution in [0.2, 0.25) is 0 Å². The summed E-state index contributed by atoms with van der Waals surface area (Å²) in [6.45, 7) is 4.27. The number of halogens is 1. The molecule has 1 saturated carbocycles. The fraction of sp³-hybridized carbons (Fsp3) is 1.00. The van der Waals surface area contributed by atoms with Crippen molar-refractivity contribution in [3.8, 4) is 0 Å². The summed E-state index contributed by atoms with van der Waals surface area (Å²) in [6, 6.07) is 0. The van der Waals surface area contributed by atoms with Crippen LogP contribution in [0.4, 0.5) is 4.39 Å². The van der Waals surface area contributed by atoms with E-state index in [1.165, 1.54) is 25.7 Å². The highest BCUT2D eigenvalue weighted by atomic mass is 19.1. The van der Waals surface area contributed by atoms with E-state index in [-0.39, 0.29) is 12.4 Å². The number of hydrogen-bond acceptors (Lipinski definition) is 3. The smallest absolute Gasteiger partial charge is 0.160 e. The fourth-order valence-corrected chi connectivity index (χ4v) is 3.18. The first-order valence-corrected chi connectivity index (χ1v) is 8.78. The van der Waals surface area contributed by atoms with Crippen molar-refractivity contribution in [1.29, 1.82) is 0 Å². The monoisotopic (exact) mass is 302 g/mol. The van der Waals surface area contributed by atoms with Gasteiger partial charge in [-0.2, -0.15) is 0 Å². The lowest BCUT2D eigenvalue weighted by atomic mass is 9.87. The minimum Gasteiger partial charge on any atom is -0.373 e. The second kappa shape index (κ2) is 9.75. The summed E-state index contributed by atoms with van der Waals surface area (Å²) in [4.78, 5) is 0. The highest BCUT2D eigenvalue weighted by Gasteiger charge is 2.32. The summed E-state index contributed by atoms with van der Waals surface area (Å²) in [6.07, 6.45) is 8.67. The first-order valence-electron chi connectivity index (χ1n) is 8.78. The van der Waals surface area contributed by atoms with Crippen LogP contribution in [-0.4, -0.2) is 38.4 Å². The van der Waals surface area contributed by atoms with E-state index >= 15 is 0 Å². The van der Waals surface area contributed by atoms with Gasteiger partial charge in [-0.05, 0) is 32.1 Å². The summed E-state index contributed by atoms with van der Waals surface area (Å²) in [5.41, 5.74) is 0. The van der Waals surface area contributed by atoms with Crippen LogP contribution in [0.5, 0.6) is 0 Å². The Morgan fingerprint density at radius 2 is 1.62 bits per heavy atom. The van der Waals surface area contributed by atoms with E-state index in [1.54, 1.807) is 0 Å². The Hall–Kier alpha value is -0.190. The third-order valence-corrected chi connectivity index (χ3v) is 4.58. The fourth-order valence-electron chi connectivity index (χ4n) is 3.18. The molecule has 2 rings (SSSR count). The maximum atomic E-state index is 13.1. The topological polar surface area (TPSA) is 27.7 Å². The number of hydrogen-bond donors (Lipinski definition) is 0. The quantitative estimate of drug-likeness (QED) is 0.628. The van der Waals surface area contributed by atoms with Gasteiger partial charge in [0, 0.05) is 12.5 Å². The van der Waals surface area contributed by atoms with Crippen molar-refractivity contribution in [3.63, 3.8) is 0 Å². The summed E-state index contributed by atoms with van der Waals surface area (Å²) in [5, 5.41) is 0. The molecule has 3 nitrogen and oxygen atoms in total. The molecule has 0 spiro atoms. The Bertz CT molecular complexity index is 259. The van der Waals surface area contributed by atoms with E-state index in [9.17, 15) is 4.39 Å². The van der Waals surface area contributed by atoms with Gasteiger partial charge in [0.1, 0.15) is 12.3 Å². The molecule has 1 heterocycles. The Morgan fingerprint density at radius 3 is 2.29 bits per heavy atom. The van der Waals surface area contributed by atoms with Gasteiger partial charge < -0.3 is 14.2 Å². The molecule has 0 aromatic carbocycles. The molecular formula is C17H31FO3. The summed E-state index contributed by atoms with van der Waals surface area (Å²) < 4.78 is 30.5. The predicted octanol–water partition coefficient (Wildman–Crippen LogP) is 4.24. The molecule has 1 saturated heterocycles. The van der Waals surface area contributed by atoms with E-state index in [0.29, 0.717) is 32.0 Å². The van der Waals surface area contributed by atoms with Crippen LogP contribution in [0.1, 0.15) is 64.7 Å². The van der Waals surface area contributed by atoms with Crippen molar-refractivity contribution in [1.82, 2.24) is 0 Å². The molecule has 4 heteroatoms. The SMILES string of the molecule is CCCCCCCO[C@H]1CO[C@H]([C@H]2CC[C@H](F)CC2)OC1. The number of unbranched alkanes of at least 4 members (excludes halogenated alkanes) is 4. The lowest BCUT2D eigenvalue weighted by molar-refractivity contribution is -0.249. The second-order valence-corrected chi connectivity index (χ2v) is 6.45. The van der Waals surface area contributed by atoms with Crippen LogP contribution in [0, 0.1) is 5.92 Å².